The molecule has 3 heteroatoms. The highest BCUT2D eigenvalue weighted by molar-refractivity contribution is 9.11. The van der Waals surface area contributed by atoms with Gasteiger partial charge in [-0.1, -0.05) is 64.5 Å². The Morgan fingerprint density at radius 2 is 1.59 bits per heavy atom. The minimum absolute atomic E-state index is 0.0208. The third-order valence-corrected chi connectivity index (χ3v) is 5.02. The third-order valence-electron chi connectivity index (χ3n) is 3.45. The molecule has 0 unspecified atom stereocenters. The fraction of sp³-hybridized carbons (Fsp3) is 0. The standard InChI is InChI=1S/C19H12Br2O/c20-17-8-4-3-7-16(17)18(22)12-11-14-10-9-13-5-1-2-6-15(13)19(14)21/h1-12H/b12-11+. The molecule has 22 heavy (non-hydrogen) atoms. The van der Waals surface area contributed by atoms with E-state index in [2.05, 4.69) is 50.1 Å². The average molecular weight is 416 g/mol. The van der Waals surface area contributed by atoms with Gasteiger partial charge in [0.15, 0.2) is 5.78 Å². The zero-order valence-electron chi connectivity index (χ0n) is 11.6. The van der Waals surface area contributed by atoms with Crippen molar-refractivity contribution >= 4 is 54.5 Å². The predicted molar refractivity (Wildman–Crippen MR) is 99.2 cm³/mol. The predicted octanol–water partition coefficient (Wildman–Crippen LogP) is 6.26. The fourth-order valence-electron chi connectivity index (χ4n) is 2.30. The van der Waals surface area contributed by atoms with E-state index in [-0.39, 0.29) is 5.78 Å². The Kier molecular flexibility index (Phi) is 4.55. The largest absolute Gasteiger partial charge is 0.289 e. The number of fused-ring (bicyclic) bond motifs is 1. The van der Waals surface area contributed by atoms with Gasteiger partial charge in [0, 0.05) is 14.5 Å². The first-order chi connectivity index (χ1) is 10.7. The first kappa shape index (κ1) is 15.2. The minimum Gasteiger partial charge on any atom is -0.289 e. The summed E-state index contributed by atoms with van der Waals surface area (Å²) >= 11 is 7.04. The molecule has 1 nitrogen and oxygen atoms in total. The van der Waals surface area contributed by atoms with Crippen LogP contribution in [-0.2, 0) is 0 Å². The summed E-state index contributed by atoms with van der Waals surface area (Å²) in [7, 11) is 0. The highest BCUT2D eigenvalue weighted by atomic mass is 79.9. The van der Waals surface area contributed by atoms with Crippen LogP contribution in [0.1, 0.15) is 15.9 Å². The van der Waals surface area contributed by atoms with E-state index >= 15 is 0 Å². The molecule has 0 saturated carbocycles. The van der Waals surface area contributed by atoms with E-state index in [1.165, 1.54) is 5.39 Å². The summed E-state index contributed by atoms with van der Waals surface area (Å²) in [5, 5.41) is 2.31. The number of halogens is 2. The van der Waals surface area contributed by atoms with Crippen molar-refractivity contribution in [2.45, 2.75) is 0 Å². The highest BCUT2D eigenvalue weighted by Gasteiger charge is 2.07. The molecular formula is C19H12Br2O. The van der Waals surface area contributed by atoms with Gasteiger partial charge in [0.05, 0.1) is 0 Å². The zero-order valence-corrected chi connectivity index (χ0v) is 14.8. The normalized spacial score (nSPS) is 11.2. The van der Waals surface area contributed by atoms with Crippen molar-refractivity contribution in [1.29, 1.82) is 0 Å². The summed E-state index contributed by atoms with van der Waals surface area (Å²) in [6.45, 7) is 0. The van der Waals surface area contributed by atoms with Crippen LogP contribution in [-0.4, -0.2) is 5.78 Å². The molecule has 0 N–H and O–H groups in total. The molecule has 3 aromatic carbocycles. The first-order valence-corrected chi connectivity index (χ1v) is 8.39. The third kappa shape index (κ3) is 3.06. The van der Waals surface area contributed by atoms with Gasteiger partial charge in [-0.05, 0) is 56.6 Å². The molecule has 0 spiro atoms. The SMILES string of the molecule is O=C(/C=C/c1ccc2ccccc2c1Br)c1ccccc1Br. The van der Waals surface area contributed by atoms with Gasteiger partial charge in [-0.3, -0.25) is 4.79 Å². The van der Waals surface area contributed by atoms with Crippen molar-refractivity contribution in [3.63, 3.8) is 0 Å². The first-order valence-electron chi connectivity index (χ1n) is 6.81. The van der Waals surface area contributed by atoms with Crippen LogP contribution in [0, 0.1) is 0 Å². The zero-order chi connectivity index (χ0) is 15.5. The lowest BCUT2D eigenvalue weighted by atomic mass is 10.1. The van der Waals surface area contributed by atoms with Gasteiger partial charge >= 0.3 is 0 Å². The van der Waals surface area contributed by atoms with Gasteiger partial charge in [-0.15, -0.1) is 0 Å². The van der Waals surface area contributed by atoms with E-state index in [0.717, 1.165) is 19.9 Å². The number of ketones is 1. The van der Waals surface area contributed by atoms with Gasteiger partial charge in [-0.25, -0.2) is 0 Å². The molecule has 0 heterocycles. The van der Waals surface area contributed by atoms with Crippen LogP contribution in [0.4, 0.5) is 0 Å². The number of hydrogen-bond acceptors (Lipinski definition) is 1. The molecule has 0 bridgehead atoms. The monoisotopic (exact) mass is 414 g/mol. The molecule has 0 fully saturated rings. The Balaban J connectivity index is 1.95. The molecule has 0 aliphatic heterocycles. The van der Waals surface area contributed by atoms with E-state index < -0.39 is 0 Å². The van der Waals surface area contributed by atoms with Gasteiger partial charge in [0.25, 0.3) is 0 Å². The number of carbonyl (C=O) groups excluding carboxylic acids is 1. The van der Waals surface area contributed by atoms with Crippen LogP contribution in [0.5, 0.6) is 0 Å². The van der Waals surface area contributed by atoms with E-state index in [0.29, 0.717) is 5.56 Å². The van der Waals surface area contributed by atoms with E-state index in [1.54, 1.807) is 6.08 Å². The van der Waals surface area contributed by atoms with E-state index in [1.807, 2.05) is 48.5 Å². The molecular weight excluding hydrogens is 404 g/mol. The number of carbonyl (C=O) groups is 1. The van der Waals surface area contributed by atoms with Crippen LogP contribution in [0.25, 0.3) is 16.8 Å². The summed E-state index contributed by atoms with van der Waals surface area (Å²) in [6, 6.07) is 19.7. The van der Waals surface area contributed by atoms with Crippen molar-refractivity contribution < 1.29 is 4.79 Å². The number of allylic oxidation sites excluding steroid dienone is 1. The maximum absolute atomic E-state index is 12.3. The molecule has 0 saturated heterocycles. The van der Waals surface area contributed by atoms with Crippen LogP contribution in [0.3, 0.4) is 0 Å². The molecule has 108 valence electrons. The van der Waals surface area contributed by atoms with E-state index in [9.17, 15) is 4.79 Å². The fourth-order valence-corrected chi connectivity index (χ4v) is 3.40. The average Bonchev–Trinajstić information content (AvgIpc) is 2.55. The Morgan fingerprint density at radius 1 is 0.864 bits per heavy atom. The second kappa shape index (κ2) is 6.59. The maximum atomic E-state index is 12.3. The molecule has 0 amide bonds. The Hall–Kier alpha value is -1.71. The quantitative estimate of drug-likeness (QED) is 0.364. The second-order valence-electron chi connectivity index (χ2n) is 4.87. The van der Waals surface area contributed by atoms with Crippen LogP contribution in [0.2, 0.25) is 0 Å². The number of rotatable bonds is 3. The van der Waals surface area contributed by atoms with Crippen LogP contribution in [0.15, 0.2) is 75.7 Å². The maximum Gasteiger partial charge on any atom is 0.186 e. The summed E-state index contributed by atoms with van der Waals surface area (Å²) in [6.07, 6.45) is 3.45. The molecule has 0 atom stereocenters. The van der Waals surface area contributed by atoms with Gasteiger partial charge in [0.1, 0.15) is 0 Å². The molecule has 0 aliphatic carbocycles. The Morgan fingerprint density at radius 3 is 2.41 bits per heavy atom. The smallest absolute Gasteiger partial charge is 0.186 e. The van der Waals surface area contributed by atoms with Gasteiger partial charge < -0.3 is 0 Å². The van der Waals surface area contributed by atoms with Crippen LogP contribution >= 0.6 is 31.9 Å². The summed E-state index contributed by atoms with van der Waals surface area (Å²) < 4.78 is 1.81. The lowest BCUT2D eigenvalue weighted by molar-refractivity contribution is 0.104. The van der Waals surface area contributed by atoms with Gasteiger partial charge in [-0.2, -0.15) is 0 Å². The lowest BCUT2D eigenvalue weighted by Gasteiger charge is -2.04. The molecule has 0 aliphatic rings. The summed E-state index contributed by atoms with van der Waals surface area (Å²) in [5.74, 6) is -0.0208. The van der Waals surface area contributed by atoms with Crippen molar-refractivity contribution in [2.75, 3.05) is 0 Å². The van der Waals surface area contributed by atoms with Crippen molar-refractivity contribution in [2.24, 2.45) is 0 Å². The Bertz CT molecular complexity index is 881. The summed E-state index contributed by atoms with van der Waals surface area (Å²) in [5.41, 5.74) is 1.65. The second-order valence-corrected chi connectivity index (χ2v) is 6.51. The number of benzene rings is 3. The molecule has 3 aromatic rings. The van der Waals surface area contributed by atoms with Gasteiger partial charge in [0.2, 0.25) is 0 Å². The molecule has 0 radical (unpaired) electrons. The molecule has 3 rings (SSSR count). The number of hydrogen-bond donors (Lipinski definition) is 0. The van der Waals surface area contributed by atoms with Crippen LogP contribution < -0.4 is 0 Å². The lowest BCUT2D eigenvalue weighted by Crippen LogP contribution is -1.95. The molecule has 0 aromatic heterocycles. The summed E-state index contributed by atoms with van der Waals surface area (Å²) in [4.78, 5) is 12.3. The van der Waals surface area contributed by atoms with Crippen molar-refractivity contribution in [1.82, 2.24) is 0 Å². The van der Waals surface area contributed by atoms with E-state index in [4.69, 9.17) is 0 Å². The topological polar surface area (TPSA) is 17.1 Å². The highest BCUT2D eigenvalue weighted by Crippen LogP contribution is 2.28. The minimum atomic E-state index is -0.0208. The van der Waals surface area contributed by atoms with Crippen molar-refractivity contribution in [3.8, 4) is 0 Å². The Labute approximate surface area is 145 Å². The van der Waals surface area contributed by atoms with Crippen molar-refractivity contribution in [3.05, 3.63) is 86.8 Å².